The van der Waals surface area contributed by atoms with Crippen LogP contribution in [0.5, 0.6) is 0 Å². The quantitative estimate of drug-likeness (QED) is 0.179. The predicted octanol–water partition coefficient (Wildman–Crippen LogP) is 10.5. The Morgan fingerprint density at radius 1 is 0.521 bits per heavy atom. The van der Waals surface area contributed by atoms with Gasteiger partial charge in [0.05, 0.1) is 0 Å². The Hall–Kier alpha value is -4.24. The minimum atomic E-state index is 0.0297. The molecule has 0 aromatic heterocycles. The van der Waals surface area contributed by atoms with Crippen LogP contribution in [0.15, 0.2) is 108 Å². The van der Waals surface area contributed by atoms with Gasteiger partial charge >= 0.3 is 0 Å². The van der Waals surface area contributed by atoms with Crippen molar-refractivity contribution in [3.05, 3.63) is 131 Å². The van der Waals surface area contributed by atoms with Gasteiger partial charge in [0.15, 0.2) is 0 Å². The molecule has 48 heavy (non-hydrogen) atoms. The number of aryl methyl sites for hydroxylation is 2. The maximum atomic E-state index is 2.56. The highest BCUT2D eigenvalue weighted by Crippen LogP contribution is 2.45. The first kappa shape index (κ1) is 32.3. The lowest BCUT2D eigenvalue weighted by Gasteiger charge is -2.45. The number of benzene rings is 4. The predicted molar refractivity (Wildman–Crippen MR) is 211 cm³/mol. The van der Waals surface area contributed by atoms with Crippen molar-refractivity contribution < 1.29 is 0 Å². The van der Waals surface area contributed by atoms with E-state index in [1.165, 1.54) is 78.3 Å². The maximum Gasteiger partial charge on any atom is 0.252 e. The zero-order valence-corrected chi connectivity index (χ0v) is 30.9. The van der Waals surface area contributed by atoms with E-state index in [1.807, 2.05) is 0 Å². The molecule has 0 spiro atoms. The molecule has 2 heterocycles. The van der Waals surface area contributed by atoms with Crippen LogP contribution in [0.25, 0.3) is 0 Å². The van der Waals surface area contributed by atoms with Crippen molar-refractivity contribution >= 4 is 51.5 Å². The Morgan fingerprint density at radius 2 is 1.06 bits per heavy atom. The third-order valence-electron chi connectivity index (χ3n) is 10.5. The number of hydrogen-bond acceptors (Lipinski definition) is 2. The Balaban J connectivity index is 1.56. The first-order valence-corrected chi connectivity index (χ1v) is 17.7. The SMILES string of the molecule is Cc1ccc(N2c3ccc(C(C)(C)C)cc3B3c4cc(C(C)(C)C)ccc4N(C4=CCC=C(C(C)(C)C)C=C4)c4cc(C)cc2c43)cc1. The summed E-state index contributed by atoms with van der Waals surface area (Å²) in [5.41, 5.74) is 18.5. The van der Waals surface area contributed by atoms with Crippen LogP contribution in [0.1, 0.15) is 91.0 Å². The molecular formula is C45H51BN2. The van der Waals surface area contributed by atoms with Crippen molar-refractivity contribution in [2.75, 3.05) is 9.80 Å². The topological polar surface area (TPSA) is 6.48 Å². The number of rotatable bonds is 2. The molecule has 4 aromatic carbocycles. The lowest BCUT2D eigenvalue weighted by molar-refractivity contribution is 0.515. The Labute approximate surface area is 290 Å². The molecular weight excluding hydrogens is 579 g/mol. The van der Waals surface area contributed by atoms with Gasteiger partial charge in [0.25, 0.3) is 6.71 Å². The molecule has 0 radical (unpaired) electrons. The zero-order valence-electron chi connectivity index (χ0n) is 30.9. The van der Waals surface area contributed by atoms with Crippen LogP contribution in [0.4, 0.5) is 28.4 Å². The summed E-state index contributed by atoms with van der Waals surface area (Å²) in [6.45, 7) is 25.5. The summed E-state index contributed by atoms with van der Waals surface area (Å²) < 4.78 is 0. The molecule has 0 saturated heterocycles. The average Bonchev–Trinajstić information content (AvgIpc) is 3.26. The van der Waals surface area contributed by atoms with Crippen molar-refractivity contribution in [2.45, 2.75) is 93.4 Å². The number of anilines is 5. The minimum Gasteiger partial charge on any atom is -0.312 e. The molecule has 0 fully saturated rings. The van der Waals surface area contributed by atoms with E-state index in [0.29, 0.717) is 0 Å². The fraction of sp³-hybridized carbons (Fsp3) is 0.333. The molecule has 0 amide bonds. The van der Waals surface area contributed by atoms with Crippen LogP contribution in [0.2, 0.25) is 0 Å². The largest absolute Gasteiger partial charge is 0.312 e. The molecule has 2 aliphatic heterocycles. The summed E-state index contributed by atoms with van der Waals surface area (Å²) >= 11 is 0. The highest BCUT2D eigenvalue weighted by molar-refractivity contribution is 7.00. The summed E-state index contributed by atoms with van der Waals surface area (Å²) in [6, 6.07) is 28.4. The van der Waals surface area contributed by atoms with Crippen LogP contribution in [0.3, 0.4) is 0 Å². The van der Waals surface area contributed by atoms with E-state index in [1.54, 1.807) is 0 Å². The molecule has 2 nitrogen and oxygen atoms in total. The third-order valence-corrected chi connectivity index (χ3v) is 10.5. The normalized spacial score (nSPS) is 15.8. The molecule has 0 N–H and O–H groups in total. The van der Waals surface area contributed by atoms with Crippen molar-refractivity contribution in [3.8, 4) is 0 Å². The first-order valence-electron chi connectivity index (χ1n) is 17.7. The summed E-state index contributed by atoms with van der Waals surface area (Å²) in [5, 5.41) is 0. The summed E-state index contributed by atoms with van der Waals surface area (Å²) in [5.74, 6) is 0. The Morgan fingerprint density at radius 3 is 1.60 bits per heavy atom. The van der Waals surface area contributed by atoms with Crippen molar-refractivity contribution in [3.63, 3.8) is 0 Å². The number of allylic oxidation sites excluding steroid dienone is 5. The number of nitrogens with zero attached hydrogens (tertiary/aromatic N) is 2. The standard InChI is InChI=1S/C45H51BN2/c1-29-15-20-35(21-16-29)48-39-24-19-33(45(9,10)11)28-37(39)46-36-27-32(44(6,7)8)18-23-38(36)47(40-25-30(2)26-41(48)42(40)46)34-14-12-13-31(17-22-34)43(3,4)5/h13-28H,12H2,1-11H3. The van der Waals surface area contributed by atoms with Gasteiger partial charge in [0.2, 0.25) is 0 Å². The lowest BCUT2D eigenvalue weighted by atomic mass is 9.33. The third kappa shape index (κ3) is 5.46. The maximum absolute atomic E-state index is 2.56. The second-order valence-corrected chi connectivity index (χ2v) is 17.3. The van der Waals surface area contributed by atoms with E-state index in [-0.39, 0.29) is 23.0 Å². The number of hydrogen-bond donors (Lipinski definition) is 0. The van der Waals surface area contributed by atoms with Gasteiger partial charge in [-0.25, -0.2) is 0 Å². The summed E-state index contributed by atoms with van der Waals surface area (Å²) in [7, 11) is 0. The van der Waals surface area contributed by atoms with Gasteiger partial charge in [-0.15, -0.1) is 0 Å². The van der Waals surface area contributed by atoms with E-state index >= 15 is 0 Å². The smallest absolute Gasteiger partial charge is 0.252 e. The molecule has 0 bridgehead atoms. The highest BCUT2D eigenvalue weighted by atomic mass is 15.2. The molecule has 4 aromatic rings. The van der Waals surface area contributed by atoms with Crippen molar-refractivity contribution in [1.29, 1.82) is 0 Å². The average molecular weight is 631 g/mol. The summed E-state index contributed by atoms with van der Waals surface area (Å²) in [4.78, 5) is 5.09. The van der Waals surface area contributed by atoms with Crippen LogP contribution < -0.4 is 26.2 Å². The molecule has 0 unspecified atom stereocenters. The van der Waals surface area contributed by atoms with E-state index in [9.17, 15) is 0 Å². The highest BCUT2D eigenvalue weighted by Gasteiger charge is 2.44. The fourth-order valence-electron chi connectivity index (χ4n) is 7.67. The Bertz CT molecular complexity index is 2020. The van der Waals surface area contributed by atoms with Gasteiger partial charge in [0, 0.05) is 34.1 Å². The van der Waals surface area contributed by atoms with Crippen molar-refractivity contribution in [1.82, 2.24) is 0 Å². The van der Waals surface area contributed by atoms with Crippen LogP contribution in [-0.2, 0) is 10.8 Å². The fourth-order valence-corrected chi connectivity index (χ4v) is 7.67. The van der Waals surface area contributed by atoms with E-state index < -0.39 is 0 Å². The summed E-state index contributed by atoms with van der Waals surface area (Å²) in [6.07, 6.45) is 10.4. The van der Waals surface area contributed by atoms with Crippen LogP contribution >= 0.6 is 0 Å². The van der Waals surface area contributed by atoms with E-state index in [4.69, 9.17) is 0 Å². The lowest BCUT2D eigenvalue weighted by Crippen LogP contribution is -2.62. The van der Waals surface area contributed by atoms with Gasteiger partial charge in [0.1, 0.15) is 0 Å². The zero-order chi connectivity index (χ0) is 34.3. The molecule has 3 heteroatoms. The number of fused-ring (bicyclic) bond motifs is 4. The van der Waals surface area contributed by atoms with Gasteiger partial charge in [-0.2, -0.15) is 0 Å². The van der Waals surface area contributed by atoms with E-state index in [2.05, 4.69) is 183 Å². The Kier molecular flexibility index (Phi) is 7.51. The van der Waals surface area contributed by atoms with E-state index in [0.717, 1.165) is 6.42 Å². The molecule has 3 aliphatic rings. The van der Waals surface area contributed by atoms with Crippen LogP contribution in [0, 0.1) is 19.3 Å². The first-order chi connectivity index (χ1) is 22.5. The monoisotopic (exact) mass is 630 g/mol. The molecule has 1 aliphatic carbocycles. The molecule has 7 rings (SSSR count). The van der Waals surface area contributed by atoms with Gasteiger partial charge in [-0.05, 0) is 118 Å². The van der Waals surface area contributed by atoms with Crippen LogP contribution in [-0.4, -0.2) is 6.71 Å². The van der Waals surface area contributed by atoms with Crippen molar-refractivity contribution in [2.24, 2.45) is 5.41 Å². The minimum absolute atomic E-state index is 0.0297. The molecule has 0 atom stereocenters. The second kappa shape index (κ2) is 11.2. The van der Waals surface area contributed by atoms with Gasteiger partial charge < -0.3 is 9.80 Å². The van der Waals surface area contributed by atoms with Gasteiger partial charge in [-0.1, -0.05) is 123 Å². The van der Waals surface area contributed by atoms with Gasteiger partial charge in [-0.3, -0.25) is 0 Å². The molecule has 0 saturated carbocycles. The molecule has 244 valence electrons. The second-order valence-electron chi connectivity index (χ2n) is 17.3.